The summed E-state index contributed by atoms with van der Waals surface area (Å²) >= 11 is 0. The Morgan fingerprint density at radius 1 is 0.947 bits per heavy atom. The Hall–Kier alpha value is -4.10. The van der Waals surface area contributed by atoms with Crippen LogP contribution >= 0.6 is 0 Å². The van der Waals surface area contributed by atoms with Crippen molar-refractivity contribution in [2.75, 3.05) is 39.5 Å². The van der Waals surface area contributed by atoms with E-state index >= 15 is 0 Å². The van der Waals surface area contributed by atoms with E-state index in [4.69, 9.17) is 18.6 Å². The molecule has 0 aliphatic carbocycles. The van der Waals surface area contributed by atoms with Crippen LogP contribution in [0.15, 0.2) is 65.1 Å². The van der Waals surface area contributed by atoms with Crippen molar-refractivity contribution in [2.24, 2.45) is 0 Å². The van der Waals surface area contributed by atoms with E-state index in [0.717, 1.165) is 46.2 Å². The van der Waals surface area contributed by atoms with Gasteiger partial charge in [-0.25, -0.2) is 0 Å². The molecule has 1 fully saturated rings. The number of ketones is 1. The minimum Gasteiger partial charge on any atom is -0.493 e. The molecule has 7 nitrogen and oxygen atoms in total. The molecule has 0 unspecified atom stereocenters. The number of hydrogen-bond donors (Lipinski definition) is 0. The third kappa shape index (κ3) is 4.77. The lowest BCUT2D eigenvalue weighted by Gasteiger charge is -2.26. The van der Waals surface area contributed by atoms with Crippen molar-refractivity contribution in [1.82, 2.24) is 4.90 Å². The molecule has 1 aromatic heterocycles. The molecule has 194 valence electrons. The summed E-state index contributed by atoms with van der Waals surface area (Å²) in [4.78, 5) is 27.8. The van der Waals surface area contributed by atoms with Gasteiger partial charge in [0, 0.05) is 35.7 Å². The second kappa shape index (κ2) is 10.3. The van der Waals surface area contributed by atoms with E-state index in [-0.39, 0.29) is 18.3 Å². The van der Waals surface area contributed by atoms with E-state index in [1.165, 1.54) is 0 Å². The second-order valence-corrected chi connectivity index (χ2v) is 9.72. The number of benzene rings is 3. The topological polar surface area (TPSA) is 78.2 Å². The highest BCUT2D eigenvalue weighted by Crippen LogP contribution is 2.40. The molecule has 38 heavy (non-hydrogen) atoms. The van der Waals surface area contributed by atoms with Crippen LogP contribution in [-0.4, -0.2) is 56.1 Å². The first-order chi connectivity index (χ1) is 18.6. The van der Waals surface area contributed by atoms with Gasteiger partial charge in [-0.1, -0.05) is 42.0 Å². The molecule has 1 saturated heterocycles. The fourth-order valence-electron chi connectivity index (χ4n) is 4.99. The molecular formula is C31H29NO6. The van der Waals surface area contributed by atoms with Crippen LogP contribution in [0.1, 0.15) is 33.7 Å². The number of ether oxygens (including phenoxy) is 3. The van der Waals surface area contributed by atoms with Crippen LogP contribution in [0.5, 0.6) is 11.5 Å². The van der Waals surface area contributed by atoms with Gasteiger partial charge in [-0.15, -0.1) is 0 Å². The lowest BCUT2D eigenvalue weighted by atomic mass is 9.95. The molecule has 0 bridgehead atoms. The molecule has 3 heterocycles. The Morgan fingerprint density at radius 2 is 1.71 bits per heavy atom. The highest BCUT2D eigenvalue weighted by atomic mass is 16.5. The van der Waals surface area contributed by atoms with Crippen molar-refractivity contribution in [1.29, 1.82) is 0 Å². The Kier molecular flexibility index (Phi) is 6.60. The fraction of sp³-hybridized carbons (Fsp3) is 0.290. The number of morpholine rings is 1. The number of fused-ring (bicyclic) bond motifs is 2. The summed E-state index contributed by atoms with van der Waals surface area (Å²) in [6, 6.07) is 18.9. The summed E-state index contributed by atoms with van der Waals surface area (Å²) in [5.74, 6) is 1.46. The Balaban J connectivity index is 1.33. The molecule has 0 spiro atoms. The van der Waals surface area contributed by atoms with Gasteiger partial charge < -0.3 is 23.5 Å². The fourth-order valence-corrected chi connectivity index (χ4v) is 4.99. The maximum absolute atomic E-state index is 13.6. The molecule has 0 N–H and O–H groups in total. The largest absolute Gasteiger partial charge is 0.493 e. The van der Waals surface area contributed by atoms with Gasteiger partial charge in [-0.05, 0) is 49.1 Å². The average molecular weight is 512 g/mol. The highest BCUT2D eigenvalue weighted by Gasteiger charge is 2.25. The molecule has 4 aromatic rings. The number of nitrogens with zero attached hydrogens (tertiary/aromatic N) is 1. The van der Waals surface area contributed by atoms with E-state index in [1.54, 1.807) is 4.90 Å². The number of hydrogen-bond acceptors (Lipinski definition) is 6. The third-order valence-electron chi connectivity index (χ3n) is 7.11. The molecule has 0 saturated carbocycles. The molecular weight excluding hydrogens is 482 g/mol. The minimum atomic E-state index is -0.175. The normalized spacial score (nSPS) is 15.1. The summed E-state index contributed by atoms with van der Waals surface area (Å²) in [7, 11) is 0. The van der Waals surface area contributed by atoms with Gasteiger partial charge in [0.05, 0.1) is 19.8 Å². The van der Waals surface area contributed by atoms with Crippen molar-refractivity contribution in [3.63, 3.8) is 0 Å². The zero-order chi connectivity index (χ0) is 26.1. The van der Waals surface area contributed by atoms with E-state index in [9.17, 15) is 9.59 Å². The molecule has 6 rings (SSSR count). The van der Waals surface area contributed by atoms with Crippen LogP contribution in [0.3, 0.4) is 0 Å². The first kappa shape index (κ1) is 24.2. The van der Waals surface area contributed by atoms with Crippen LogP contribution in [0.4, 0.5) is 0 Å². The van der Waals surface area contributed by atoms with Crippen LogP contribution in [-0.2, 0) is 16.0 Å². The zero-order valence-corrected chi connectivity index (χ0v) is 21.3. The predicted octanol–water partition coefficient (Wildman–Crippen LogP) is 5.20. The highest BCUT2D eigenvalue weighted by molar-refractivity contribution is 6.16. The van der Waals surface area contributed by atoms with E-state index < -0.39 is 0 Å². The van der Waals surface area contributed by atoms with E-state index in [1.807, 2.05) is 61.5 Å². The number of furan rings is 1. The smallest absolute Gasteiger partial charge is 0.260 e. The Bertz CT molecular complexity index is 1480. The van der Waals surface area contributed by atoms with Gasteiger partial charge in [-0.3, -0.25) is 9.59 Å². The summed E-state index contributed by atoms with van der Waals surface area (Å²) < 4.78 is 23.2. The minimum absolute atomic E-state index is 0.0305. The lowest BCUT2D eigenvalue weighted by molar-refractivity contribution is -0.137. The van der Waals surface area contributed by atoms with Gasteiger partial charge in [0.2, 0.25) is 5.78 Å². The quantitative estimate of drug-likeness (QED) is 0.331. The zero-order valence-electron chi connectivity index (χ0n) is 21.3. The molecule has 1 amide bonds. The van der Waals surface area contributed by atoms with E-state index in [2.05, 4.69) is 6.07 Å². The number of carbonyl (C=O) groups is 2. The number of amides is 1. The van der Waals surface area contributed by atoms with Crippen LogP contribution in [0.2, 0.25) is 0 Å². The molecule has 2 aliphatic rings. The van der Waals surface area contributed by atoms with Crippen LogP contribution < -0.4 is 9.47 Å². The average Bonchev–Trinajstić information content (AvgIpc) is 3.33. The van der Waals surface area contributed by atoms with Crippen LogP contribution in [0, 0.1) is 6.92 Å². The summed E-state index contributed by atoms with van der Waals surface area (Å²) in [5.41, 5.74) is 4.96. The van der Waals surface area contributed by atoms with Gasteiger partial charge in [0.25, 0.3) is 5.91 Å². The molecule has 3 aromatic carbocycles. The lowest BCUT2D eigenvalue weighted by Crippen LogP contribution is -2.42. The standard InChI is InChI=1S/C31H29NO6/c1-20-4-6-22(7-5-20)30(34)31-29(25-17-23-3-2-14-36-26(23)18-27(25)38-31)21-8-10-24(11-9-21)37-19-28(33)32-12-15-35-16-13-32/h4-11,17-18H,2-3,12-16,19H2,1H3. The first-order valence-electron chi connectivity index (χ1n) is 13.0. The Labute approximate surface area is 220 Å². The van der Waals surface area contributed by atoms with Gasteiger partial charge in [0.15, 0.2) is 12.4 Å². The van der Waals surface area contributed by atoms with E-state index in [0.29, 0.717) is 55.6 Å². The number of rotatable bonds is 6. The van der Waals surface area contributed by atoms with Gasteiger partial charge in [0.1, 0.15) is 17.1 Å². The van der Waals surface area contributed by atoms with Gasteiger partial charge in [-0.2, -0.15) is 0 Å². The summed E-state index contributed by atoms with van der Waals surface area (Å²) in [5, 5.41) is 0.876. The molecule has 7 heteroatoms. The van der Waals surface area contributed by atoms with Gasteiger partial charge >= 0.3 is 0 Å². The van der Waals surface area contributed by atoms with Crippen molar-refractivity contribution < 1.29 is 28.2 Å². The van der Waals surface area contributed by atoms with Crippen molar-refractivity contribution in [3.8, 4) is 22.6 Å². The van der Waals surface area contributed by atoms with Crippen molar-refractivity contribution >= 4 is 22.7 Å². The first-order valence-corrected chi connectivity index (χ1v) is 13.0. The third-order valence-corrected chi connectivity index (χ3v) is 7.11. The number of carbonyl (C=O) groups excluding carboxylic acids is 2. The van der Waals surface area contributed by atoms with Crippen molar-refractivity contribution in [2.45, 2.75) is 19.8 Å². The SMILES string of the molecule is Cc1ccc(C(=O)c2oc3cc4c(cc3c2-c2ccc(OCC(=O)N3CCOCC3)cc2)CCCO4)cc1. The maximum Gasteiger partial charge on any atom is 0.260 e. The Morgan fingerprint density at radius 3 is 2.47 bits per heavy atom. The second-order valence-electron chi connectivity index (χ2n) is 9.72. The molecule has 0 atom stereocenters. The number of aryl methyl sites for hydroxylation is 2. The maximum atomic E-state index is 13.6. The van der Waals surface area contributed by atoms with Crippen LogP contribution in [0.25, 0.3) is 22.1 Å². The summed E-state index contributed by atoms with van der Waals surface area (Å²) in [6.07, 6.45) is 1.87. The molecule has 0 radical (unpaired) electrons. The predicted molar refractivity (Wildman–Crippen MR) is 143 cm³/mol. The van der Waals surface area contributed by atoms with Crippen molar-refractivity contribution in [3.05, 3.63) is 83.1 Å². The molecule has 2 aliphatic heterocycles. The summed E-state index contributed by atoms with van der Waals surface area (Å²) in [6.45, 7) is 4.91. The monoisotopic (exact) mass is 511 g/mol.